The van der Waals surface area contributed by atoms with Gasteiger partial charge in [-0.3, -0.25) is 0 Å². The van der Waals surface area contributed by atoms with Gasteiger partial charge in [0.1, 0.15) is 0 Å². The molecule has 0 aliphatic heterocycles. The molecule has 8 aromatic carbocycles. The molecule has 0 saturated heterocycles. The van der Waals surface area contributed by atoms with Crippen LogP contribution in [0.2, 0.25) is 0 Å². The normalized spacial score (nSPS) is 11.9. The Bertz CT molecular complexity index is 2760. The maximum absolute atomic E-state index is 8.27. The first-order valence-corrected chi connectivity index (χ1v) is 32.4. The summed E-state index contributed by atoms with van der Waals surface area (Å²) in [5.41, 5.74) is 9.50. The summed E-state index contributed by atoms with van der Waals surface area (Å²) in [6, 6.07) is 67.5. The Hall–Kier alpha value is -7.47. The standard InChI is InChI=1S/C72H86BO11P/c1-74-65-29-13-55(14-30-65)47-63(48-56-15-31-66(75-2)32-16-56)11-9-45-82-73(83-46-10-12-64(49-57-17-33-67(76-3)34-18-57)50-58-19-35-68(77-4)36-20-58)84-85(51-59-21-37-69(78-5)38-22-59,52-60-23-39-70(79-6)40-24-60,53-61-25-41-71(80-7)42-26-61)54-62-27-43-72(81-8)44-28-62/h13-44,63-64H,9-12,45-54H2,1-8H3. The molecule has 11 nitrogen and oxygen atoms in total. The summed E-state index contributed by atoms with van der Waals surface area (Å²) in [6.45, 7) is -3.06. The van der Waals surface area contributed by atoms with Gasteiger partial charge in [0.15, 0.2) is 0 Å². The van der Waals surface area contributed by atoms with Crippen molar-refractivity contribution < 1.29 is 51.6 Å². The molecular formula is C72H86BO11P. The fraction of sp³-hybridized carbons (Fsp3) is 0.333. The minimum atomic E-state index is -3.88. The average molecular weight is 1170 g/mol. The van der Waals surface area contributed by atoms with Crippen LogP contribution in [0.5, 0.6) is 46.0 Å². The van der Waals surface area contributed by atoms with Crippen LogP contribution in [-0.4, -0.2) is 77.4 Å². The van der Waals surface area contributed by atoms with Crippen LogP contribution in [0, 0.1) is 11.8 Å². The van der Waals surface area contributed by atoms with Gasteiger partial charge in [0.05, 0.1) is 28.4 Å². The zero-order chi connectivity index (χ0) is 59.7. The van der Waals surface area contributed by atoms with E-state index in [1.54, 1.807) is 56.9 Å². The average Bonchev–Trinajstić information content (AvgIpc) is 3.01. The molecule has 0 unspecified atom stereocenters. The zero-order valence-electron chi connectivity index (χ0n) is 51.0. The second-order valence-corrected chi connectivity index (χ2v) is 27.4. The third-order valence-corrected chi connectivity index (χ3v) is 21.5. The van der Waals surface area contributed by atoms with Crippen molar-refractivity contribution in [3.05, 3.63) is 239 Å². The van der Waals surface area contributed by atoms with Gasteiger partial charge in [0, 0.05) is 0 Å². The van der Waals surface area contributed by atoms with Gasteiger partial charge in [0.2, 0.25) is 0 Å². The minimum absolute atomic E-state index is 0.313. The molecule has 0 aliphatic carbocycles. The molecular weight excluding hydrogens is 1080 g/mol. The molecule has 0 spiro atoms. The summed E-state index contributed by atoms with van der Waals surface area (Å²) >= 11 is 0. The van der Waals surface area contributed by atoms with Crippen molar-refractivity contribution in [3.8, 4) is 46.0 Å². The van der Waals surface area contributed by atoms with E-state index in [9.17, 15) is 0 Å². The Labute approximate surface area is 506 Å². The second-order valence-electron chi connectivity index (χ2n) is 22.2. The SMILES string of the molecule is COc1ccc(CC(CCCOB(OCCCC(Cc2ccc(OC)cc2)Cc2ccc(OC)cc2)OP(Cc2ccc(OC)cc2)(Cc2ccc(OC)cc2)(Cc2ccc(OC)cc2)Cc2ccc(OC)cc2)Cc2ccc(OC)cc2)cc1. The molecule has 85 heavy (non-hydrogen) atoms. The molecule has 8 rings (SSSR count). The molecule has 0 bridgehead atoms. The van der Waals surface area contributed by atoms with Gasteiger partial charge in [-0.15, -0.1) is 0 Å². The fourth-order valence-corrected chi connectivity index (χ4v) is 17.8. The van der Waals surface area contributed by atoms with Crippen LogP contribution in [0.1, 0.15) is 70.2 Å². The first-order valence-electron chi connectivity index (χ1n) is 29.5. The van der Waals surface area contributed by atoms with E-state index >= 15 is 0 Å². The third-order valence-electron chi connectivity index (χ3n) is 16.1. The predicted octanol–water partition coefficient (Wildman–Crippen LogP) is 16.1. The molecule has 0 N–H and O–H groups in total. The van der Waals surface area contributed by atoms with Crippen molar-refractivity contribution in [2.75, 3.05) is 70.1 Å². The summed E-state index contributed by atoms with van der Waals surface area (Å²) in [4.78, 5) is 0. The maximum atomic E-state index is 8.27. The zero-order valence-corrected chi connectivity index (χ0v) is 51.9. The second kappa shape index (κ2) is 32.2. The molecule has 0 aromatic heterocycles. The number of methoxy groups -OCH3 is 8. The van der Waals surface area contributed by atoms with Crippen LogP contribution < -0.4 is 37.9 Å². The number of hydrogen-bond acceptors (Lipinski definition) is 11. The summed E-state index contributed by atoms with van der Waals surface area (Å²) in [5.74, 6) is 7.13. The van der Waals surface area contributed by atoms with Gasteiger partial charge in [-0.25, -0.2) is 0 Å². The molecule has 0 atom stereocenters. The van der Waals surface area contributed by atoms with Crippen LogP contribution in [-0.2, 0) is 64.1 Å². The predicted molar refractivity (Wildman–Crippen MR) is 345 cm³/mol. The van der Waals surface area contributed by atoms with E-state index in [2.05, 4.69) is 97.1 Å². The Morgan fingerprint density at radius 2 is 0.459 bits per heavy atom. The van der Waals surface area contributed by atoms with Gasteiger partial charge in [-0.1, -0.05) is 0 Å². The Kier molecular flexibility index (Phi) is 24.0. The first-order chi connectivity index (χ1) is 41.5. The number of hydrogen-bond donors (Lipinski definition) is 0. The Morgan fingerprint density at radius 1 is 0.271 bits per heavy atom. The molecule has 0 heterocycles. The van der Waals surface area contributed by atoms with Crippen molar-refractivity contribution in [2.45, 2.75) is 76.0 Å². The number of rotatable bonds is 36. The van der Waals surface area contributed by atoms with Crippen molar-refractivity contribution in [1.29, 1.82) is 0 Å². The van der Waals surface area contributed by atoms with E-state index in [0.29, 0.717) is 49.7 Å². The summed E-state index contributed by atoms with van der Waals surface area (Å²) in [6.07, 6.45) is 9.32. The van der Waals surface area contributed by atoms with Crippen molar-refractivity contribution in [3.63, 3.8) is 0 Å². The van der Waals surface area contributed by atoms with Crippen LogP contribution >= 0.6 is 6.83 Å². The molecule has 0 aliphatic rings. The first kappa shape index (κ1) is 63.6. The molecule has 448 valence electrons. The number of benzene rings is 8. The van der Waals surface area contributed by atoms with Crippen molar-refractivity contribution >= 4 is 14.2 Å². The fourth-order valence-electron chi connectivity index (χ4n) is 11.6. The van der Waals surface area contributed by atoms with E-state index in [4.69, 9.17) is 51.6 Å². The van der Waals surface area contributed by atoms with E-state index in [-0.39, 0.29) is 0 Å². The Morgan fingerprint density at radius 3 is 0.647 bits per heavy atom. The van der Waals surface area contributed by atoms with Gasteiger partial charge in [-0.05, 0) is 0 Å². The van der Waals surface area contributed by atoms with Crippen LogP contribution in [0.15, 0.2) is 194 Å². The third kappa shape index (κ3) is 19.3. The molecule has 0 fully saturated rings. The molecule has 8 aromatic rings. The summed E-state index contributed by atoms with van der Waals surface area (Å²) in [7, 11) is 12.6. The quantitative estimate of drug-likeness (QED) is 0.0213. The topological polar surface area (TPSA) is 102 Å². The van der Waals surface area contributed by atoms with Gasteiger partial charge < -0.3 is 18.9 Å². The van der Waals surface area contributed by atoms with E-state index < -0.39 is 14.2 Å². The van der Waals surface area contributed by atoms with Crippen LogP contribution in [0.3, 0.4) is 0 Å². The number of ether oxygens (including phenoxy) is 8. The molecule has 13 heteroatoms. The Balaban J connectivity index is 1.19. The van der Waals surface area contributed by atoms with Crippen LogP contribution in [0.4, 0.5) is 0 Å². The van der Waals surface area contributed by atoms with Crippen molar-refractivity contribution in [1.82, 2.24) is 0 Å². The van der Waals surface area contributed by atoms with Gasteiger partial charge in [-0.2, -0.15) is 0 Å². The summed E-state index contributed by atoms with van der Waals surface area (Å²) in [5, 5.41) is 0. The molecule has 0 saturated carbocycles. The molecule has 0 amide bonds. The van der Waals surface area contributed by atoms with E-state index in [1.165, 1.54) is 22.3 Å². The monoisotopic (exact) mass is 1170 g/mol. The van der Waals surface area contributed by atoms with Crippen LogP contribution in [0.25, 0.3) is 0 Å². The summed E-state index contributed by atoms with van der Waals surface area (Å²) < 4.78 is 67.8. The van der Waals surface area contributed by atoms with E-state index in [1.807, 2.05) is 97.1 Å². The molecule has 0 radical (unpaired) electrons. The van der Waals surface area contributed by atoms with Gasteiger partial charge in [0.25, 0.3) is 0 Å². The van der Waals surface area contributed by atoms with E-state index in [0.717, 1.165) is 120 Å². The van der Waals surface area contributed by atoms with Gasteiger partial charge >= 0.3 is 461 Å². The van der Waals surface area contributed by atoms with Crippen molar-refractivity contribution in [2.24, 2.45) is 11.8 Å².